The summed E-state index contributed by atoms with van der Waals surface area (Å²) in [6.45, 7) is 7.08. The Morgan fingerprint density at radius 3 is 2.60 bits per heavy atom. The lowest BCUT2D eigenvalue weighted by Crippen LogP contribution is -2.60. The summed E-state index contributed by atoms with van der Waals surface area (Å²) in [4.78, 5) is 20.6. The molecule has 138 valence electrons. The predicted octanol–water partition coefficient (Wildman–Crippen LogP) is 1.30. The van der Waals surface area contributed by atoms with Gasteiger partial charge in [0.15, 0.2) is 9.84 Å². The highest BCUT2D eigenvalue weighted by molar-refractivity contribution is 7.91. The van der Waals surface area contributed by atoms with Crippen LogP contribution in [0.1, 0.15) is 26.5 Å². The van der Waals surface area contributed by atoms with E-state index in [-0.39, 0.29) is 23.6 Å². The van der Waals surface area contributed by atoms with Crippen LogP contribution in [0.3, 0.4) is 0 Å². The van der Waals surface area contributed by atoms with Gasteiger partial charge in [-0.3, -0.25) is 9.88 Å². The molecule has 2 saturated heterocycles. The first-order valence-corrected chi connectivity index (χ1v) is 10.3. The lowest BCUT2D eigenvalue weighted by molar-refractivity contribution is -0.0107. The normalized spacial score (nSPS) is 26.3. The van der Waals surface area contributed by atoms with E-state index in [0.29, 0.717) is 19.6 Å². The minimum atomic E-state index is -3.18. The van der Waals surface area contributed by atoms with Crippen LogP contribution in [0.15, 0.2) is 24.4 Å². The van der Waals surface area contributed by atoms with Crippen LogP contribution in [0.4, 0.5) is 4.79 Å². The maximum atomic E-state index is 12.5. The van der Waals surface area contributed by atoms with E-state index >= 15 is 0 Å². The molecule has 2 aliphatic rings. The first-order chi connectivity index (χ1) is 11.6. The van der Waals surface area contributed by atoms with Gasteiger partial charge in [-0.1, -0.05) is 6.07 Å². The Morgan fingerprint density at radius 2 is 1.96 bits per heavy atom. The maximum Gasteiger partial charge on any atom is 0.410 e. The number of sulfone groups is 1. The van der Waals surface area contributed by atoms with E-state index in [4.69, 9.17) is 4.74 Å². The van der Waals surface area contributed by atoms with Crippen LogP contribution in [0.2, 0.25) is 0 Å². The first-order valence-electron chi connectivity index (χ1n) is 8.49. The van der Waals surface area contributed by atoms with Crippen LogP contribution in [0.5, 0.6) is 0 Å². The summed E-state index contributed by atoms with van der Waals surface area (Å²) in [5.74, 6) is 0.0689. The first kappa shape index (κ1) is 18.1. The second-order valence-corrected chi connectivity index (χ2v) is 9.83. The highest BCUT2D eigenvalue weighted by Gasteiger charge is 2.48. The molecule has 0 bridgehead atoms. The summed E-state index contributed by atoms with van der Waals surface area (Å²) >= 11 is 0. The molecule has 3 rings (SSSR count). The Labute approximate surface area is 148 Å². The summed E-state index contributed by atoms with van der Waals surface area (Å²) in [7, 11) is -3.18. The lowest BCUT2D eigenvalue weighted by Gasteiger charge is -2.43. The molecule has 1 aromatic heterocycles. The minimum absolute atomic E-state index is 0.00434. The number of piperazine rings is 1. The van der Waals surface area contributed by atoms with Crippen LogP contribution >= 0.6 is 0 Å². The summed E-state index contributed by atoms with van der Waals surface area (Å²) in [5.41, 5.74) is 0.297. The summed E-state index contributed by atoms with van der Waals surface area (Å²) in [6.07, 6.45) is 1.30. The average Bonchev–Trinajstić information content (AvgIpc) is 2.82. The van der Waals surface area contributed by atoms with Crippen molar-refractivity contribution in [3.8, 4) is 0 Å². The third kappa shape index (κ3) is 4.30. The number of carbonyl (C=O) groups is 1. The molecule has 1 amide bonds. The molecule has 0 unspecified atom stereocenters. The van der Waals surface area contributed by atoms with E-state index < -0.39 is 21.5 Å². The smallest absolute Gasteiger partial charge is 0.410 e. The molecule has 0 N–H and O–H groups in total. The quantitative estimate of drug-likeness (QED) is 0.784. The second kappa shape index (κ2) is 6.57. The summed E-state index contributed by atoms with van der Waals surface area (Å²) in [6, 6.07) is 5.12. The largest absolute Gasteiger partial charge is 0.444 e. The van der Waals surface area contributed by atoms with Gasteiger partial charge in [0, 0.05) is 31.9 Å². The number of carbonyl (C=O) groups excluding carboxylic acids is 1. The van der Waals surface area contributed by atoms with Crippen LogP contribution < -0.4 is 0 Å². The zero-order chi connectivity index (χ0) is 18.2. The molecule has 3 heterocycles. The van der Waals surface area contributed by atoms with Crippen molar-refractivity contribution in [2.45, 2.75) is 45.0 Å². The molecular weight excluding hydrogens is 342 g/mol. The van der Waals surface area contributed by atoms with Crippen molar-refractivity contribution < 1.29 is 17.9 Å². The van der Waals surface area contributed by atoms with Crippen molar-refractivity contribution in [1.82, 2.24) is 14.8 Å². The van der Waals surface area contributed by atoms with Gasteiger partial charge in [0.25, 0.3) is 0 Å². The number of nitrogens with zero attached hydrogens (tertiary/aromatic N) is 3. The number of hydrogen-bond donors (Lipinski definition) is 0. The fourth-order valence-electron chi connectivity index (χ4n) is 3.47. The number of amides is 1. The van der Waals surface area contributed by atoms with Gasteiger partial charge in [-0.15, -0.1) is 0 Å². The number of rotatable bonds is 2. The molecule has 7 nitrogen and oxygen atoms in total. The van der Waals surface area contributed by atoms with E-state index in [1.54, 1.807) is 11.1 Å². The zero-order valence-electron chi connectivity index (χ0n) is 14.9. The zero-order valence-corrected chi connectivity index (χ0v) is 15.7. The number of ether oxygens (including phenoxy) is 1. The number of fused-ring (bicyclic) bond motifs is 1. The van der Waals surface area contributed by atoms with Crippen molar-refractivity contribution in [2.24, 2.45) is 0 Å². The molecule has 2 fully saturated rings. The Morgan fingerprint density at radius 1 is 1.24 bits per heavy atom. The topological polar surface area (TPSA) is 79.8 Å². The minimum Gasteiger partial charge on any atom is -0.444 e. The van der Waals surface area contributed by atoms with Crippen molar-refractivity contribution in [3.05, 3.63) is 30.1 Å². The molecule has 2 atom stereocenters. The van der Waals surface area contributed by atoms with Crippen molar-refractivity contribution in [1.29, 1.82) is 0 Å². The van der Waals surface area contributed by atoms with Gasteiger partial charge in [-0.05, 0) is 32.9 Å². The Kier molecular flexibility index (Phi) is 4.76. The molecule has 2 aliphatic heterocycles. The molecule has 8 heteroatoms. The van der Waals surface area contributed by atoms with E-state index in [1.165, 1.54) is 0 Å². The van der Waals surface area contributed by atoms with Gasteiger partial charge >= 0.3 is 6.09 Å². The molecule has 25 heavy (non-hydrogen) atoms. The van der Waals surface area contributed by atoms with Gasteiger partial charge < -0.3 is 9.64 Å². The predicted molar refractivity (Wildman–Crippen MR) is 93.8 cm³/mol. The Bertz CT molecular complexity index is 730. The van der Waals surface area contributed by atoms with Gasteiger partial charge in [-0.25, -0.2) is 13.2 Å². The fraction of sp³-hybridized carbons (Fsp3) is 0.647. The number of hydrogen-bond acceptors (Lipinski definition) is 6. The van der Waals surface area contributed by atoms with E-state index in [2.05, 4.69) is 9.88 Å². The van der Waals surface area contributed by atoms with Crippen molar-refractivity contribution in [3.63, 3.8) is 0 Å². The van der Waals surface area contributed by atoms with Crippen molar-refractivity contribution in [2.75, 3.05) is 24.6 Å². The molecule has 0 saturated carbocycles. The third-order valence-corrected chi connectivity index (χ3v) is 6.21. The highest BCUT2D eigenvalue weighted by Crippen LogP contribution is 2.29. The number of aromatic nitrogens is 1. The van der Waals surface area contributed by atoms with Gasteiger partial charge in [0.1, 0.15) is 5.60 Å². The van der Waals surface area contributed by atoms with E-state index in [1.807, 2.05) is 39.0 Å². The molecular formula is C17H25N3O4S. The van der Waals surface area contributed by atoms with Gasteiger partial charge in [0.2, 0.25) is 0 Å². The maximum absolute atomic E-state index is 12.5. The molecule has 1 aromatic rings. The van der Waals surface area contributed by atoms with Crippen molar-refractivity contribution >= 4 is 15.9 Å². The second-order valence-electron chi connectivity index (χ2n) is 7.68. The fourth-order valence-corrected chi connectivity index (χ4v) is 5.48. The van der Waals surface area contributed by atoms with Crippen LogP contribution in [0, 0.1) is 0 Å². The van der Waals surface area contributed by atoms with Gasteiger partial charge in [-0.2, -0.15) is 0 Å². The molecule has 0 spiro atoms. The monoisotopic (exact) mass is 367 g/mol. The standard InChI is InChI=1S/C17H25N3O4S/c1-17(2,3)24-16(21)20-9-8-19(10-13-6-4-5-7-18-13)14-11-25(22,23)12-15(14)20/h4-7,14-15H,8-12H2,1-3H3/t14-,15-/m0/s1. The van der Waals surface area contributed by atoms with Gasteiger partial charge in [0.05, 0.1) is 23.2 Å². The SMILES string of the molecule is CC(C)(C)OC(=O)N1CCN(Cc2ccccn2)[C@H]2CS(=O)(=O)C[C@@H]21. The highest BCUT2D eigenvalue weighted by atomic mass is 32.2. The summed E-state index contributed by atoms with van der Waals surface area (Å²) < 4.78 is 29.9. The lowest BCUT2D eigenvalue weighted by atomic mass is 10.0. The third-order valence-electron chi connectivity index (χ3n) is 4.51. The van der Waals surface area contributed by atoms with Crippen LogP contribution in [0.25, 0.3) is 0 Å². The van der Waals surface area contributed by atoms with Crippen LogP contribution in [-0.4, -0.2) is 71.6 Å². The average molecular weight is 367 g/mol. The molecule has 0 aromatic carbocycles. The Balaban J connectivity index is 1.79. The van der Waals surface area contributed by atoms with E-state index in [0.717, 1.165) is 5.69 Å². The molecule has 0 radical (unpaired) electrons. The number of pyridine rings is 1. The summed E-state index contributed by atoms with van der Waals surface area (Å²) in [5, 5.41) is 0. The van der Waals surface area contributed by atoms with E-state index in [9.17, 15) is 13.2 Å². The molecule has 0 aliphatic carbocycles. The van der Waals surface area contributed by atoms with Crippen LogP contribution in [-0.2, 0) is 21.1 Å². The Hall–Kier alpha value is -1.67.